The summed E-state index contributed by atoms with van der Waals surface area (Å²) in [5.41, 5.74) is 1.29. The number of aromatic hydroxyl groups is 1. The van der Waals surface area contributed by atoms with Crippen LogP contribution in [0.1, 0.15) is 35.2 Å². The summed E-state index contributed by atoms with van der Waals surface area (Å²) >= 11 is 0. The summed E-state index contributed by atoms with van der Waals surface area (Å²) in [4.78, 5) is 26.8. The van der Waals surface area contributed by atoms with Gasteiger partial charge in [0.25, 0.3) is 5.91 Å². The smallest absolute Gasteiger partial charge is 0.255 e. The molecule has 7 heteroatoms. The van der Waals surface area contributed by atoms with Gasteiger partial charge in [0.15, 0.2) is 11.5 Å². The first-order chi connectivity index (χ1) is 14.5. The van der Waals surface area contributed by atoms with Gasteiger partial charge in [-0.1, -0.05) is 18.2 Å². The van der Waals surface area contributed by atoms with Gasteiger partial charge in [0, 0.05) is 25.6 Å². The van der Waals surface area contributed by atoms with Crippen LogP contribution in [0.5, 0.6) is 17.2 Å². The van der Waals surface area contributed by atoms with Crippen LogP contribution in [0, 0.1) is 0 Å². The van der Waals surface area contributed by atoms with Gasteiger partial charge < -0.3 is 24.8 Å². The third kappa shape index (κ3) is 5.23. The highest BCUT2D eigenvalue weighted by atomic mass is 16.5. The Morgan fingerprint density at radius 1 is 1.07 bits per heavy atom. The zero-order valence-corrected chi connectivity index (χ0v) is 17.4. The number of benzene rings is 2. The van der Waals surface area contributed by atoms with Crippen molar-refractivity contribution in [3.8, 4) is 17.2 Å². The maximum absolute atomic E-state index is 12.6. The second-order valence-electron chi connectivity index (χ2n) is 7.34. The van der Waals surface area contributed by atoms with Gasteiger partial charge in [0.2, 0.25) is 5.91 Å². The molecule has 0 aliphatic carbocycles. The molecule has 1 aliphatic rings. The van der Waals surface area contributed by atoms with Crippen molar-refractivity contribution >= 4 is 11.8 Å². The lowest BCUT2D eigenvalue weighted by molar-refractivity contribution is -0.132. The molecule has 2 aromatic rings. The maximum atomic E-state index is 12.6. The van der Waals surface area contributed by atoms with Gasteiger partial charge in [0.05, 0.1) is 19.8 Å². The molecule has 0 atom stereocenters. The van der Waals surface area contributed by atoms with Crippen LogP contribution in [0.15, 0.2) is 42.5 Å². The van der Waals surface area contributed by atoms with E-state index in [4.69, 9.17) is 9.47 Å². The minimum atomic E-state index is -0.286. The number of nitrogens with one attached hydrogen (secondary N) is 1. The molecule has 1 saturated heterocycles. The monoisotopic (exact) mass is 412 g/mol. The second kappa shape index (κ2) is 10.0. The number of ether oxygens (including phenoxy) is 2. The van der Waals surface area contributed by atoms with Crippen molar-refractivity contribution in [3.05, 3.63) is 53.6 Å². The highest BCUT2D eigenvalue weighted by Crippen LogP contribution is 2.28. The molecule has 1 aliphatic heterocycles. The summed E-state index contributed by atoms with van der Waals surface area (Å²) in [6, 6.07) is 12.2. The first-order valence-corrected chi connectivity index (χ1v) is 10.1. The Hall–Kier alpha value is -3.22. The lowest BCUT2D eigenvalue weighted by Gasteiger charge is -2.32. The average molecular weight is 412 g/mol. The molecule has 3 rings (SSSR count). The number of amides is 2. The molecule has 2 N–H and O–H groups in total. The number of piperidine rings is 1. The molecule has 30 heavy (non-hydrogen) atoms. The number of phenolic OH excluding ortho intramolecular Hbond substituents is 1. The van der Waals surface area contributed by atoms with Crippen LogP contribution in [0.25, 0.3) is 0 Å². The Morgan fingerprint density at radius 2 is 1.77 bits per heavy atom. The average Bonchev–Trinajstić information content (AvgIpc) is 2.78. The van der Waals surface area contributed by atoms with E-state index in [-0.39, 0.29) is 29.2 Å². The topological polar surface area (TPSA) is 88.1 Å². The number of carbonyl (C=O) groups is 2. The summed E-state index contributed by atoms with van der Waals surface area (Å²) in [6.07, 6.45) is 2.44. The van der Waals surface area contributed by atoms with Crippen molar-refractivity contribution < 1.29 is 24.2 Å². The Morgan fingerprint density at radius 3 is 2.43 bits per heavy atom. The van der Waals surface area contributed by atoms with E-state index in [1.54, 1.807) is 32.4 Å². The van der Waals surface area contributed by atoms with Crippen LogP contribution in [0.2, 0.25) is 0 Å². The summed E-state index contributed by atoms with van der Waals surface area (Å²) in [6.45, 7) is 1.22. The van der Waals surface area contributed by atoms with Crippen molar-refractivity contribution in [2.45, 2.75) is 31.7 Å². The predicted molar refractivity (Wildman–Crippen MR) is 113 cm³/mol. The van der Waals surface area contributed by atoms with Crippen LogP contribution in [0.4, 0.5) is 0 Å². The van der Waals surface area contributed by atoms with Crippen LogP contribution in [0.3, 0.4) is 0 Å². The minimum absolute atomic E-state index is 0.00740. The fourth-order valence-corrected chi connectivity index (χ4v) is 3.65. The van der Waals surface area contributed by atoms with Crippen molar-refractivity contribution in [2.24, 2.45) is 0 Å². The molecule has 1 fully saturated rings. The van der Waals surface area contributed by atoms with Gasteiger partial charge in [-0.05, 0) is 49.1 Å². The number of hydrogen-bond donors (Lipinski definition) is 2. The zero-order valence-electron chi connectivity index (χ0n) is 17.4. The SMILES string of the molecule is COc1ccc(CCC(=O)N2CCC(NC(=O)c3ccccc3O)CC2)cc1OC. The predicted octanol–water partition coefficient (Wildman–Crippen LogP) is 2.76. The van der Waals surface area contributed by atoms with Crippen molar-refractivity contribution in [2.75, 3.05) is 27.3 Å². The maximum Gasteiger partial charge on any atom is 0.255 e. The number of methoxy groups -OCH3 is 2. The molecule has 0 spiro atoms. The molecule has 7 nitrogen and oxygen atoms in total. The number of phenols is 1. The number of rotatable bonds is 7. The number of carbonyl (C=O) groups excluding carboxylic acids is 2. The molecule has 0 bridgehead atoms. The van der Waals surface area contributed by atoms with E-state index in [0.717, 1.165) is 5.56 Å². The van der Waals surface area contributed by atoms with Gasteiger partial charge in [-0.25, -0.2) is 0 Å². The zero-order chi connectivity index (χ0) is 21.5. The summed E-state index contributed by atoms with van der Waals surface area (Å²) < 4.78 is 10.6. The number of likely N-dealkylation sites (tertiary alicyclic amines) is 1. The molecular formula is C23H28N2O5. The van der Waals surface area contributed by atoms with Gasteiger partial charge in [-0.3, -0.25) is 9.59 Å². The number of hydrogen-bond acceptors (Lipinski definition) is 5. The first kappa shape index (κ1) is 21.5. The van der Waals surface area contributed by atoms with E-state index in [1.165, 1.54) is 6.07 Å². The molecule has 160 valence electrons. The molecule has 2 aromatic carbocycles. The third-order valence-corrected chi connectivity index (χ3v) is 5.41. The van der Waals surface area contributed by atoms with E-state index in [1.807, 2.05) is 23.1 Å². The van der Waals surface area contributed by atoms with Crippen LogP contribution in [-0.2, 0) is 11.2 Å². The van der Waals surface area contributed by atoms with Gasteiger partial charge in [-0.15, -0.1) is 0 Å². The van der Waals surface area contributed by atoms with E-state index >= 15 is 0 Å². The molecule has 0 saturated carbocycles. The number of nitrogens with zero attached hydrogens (tertiary/aromatic N) is 1. The highest BCUT2D eigenvalue weighted by Gasteiger charge is 2.24. The molecule has 2 amide bonds. The van der Waals surface area contributed by atoms with Crippen LogP contribution >= 0.6 is 0 Å². The minimum Gasteiger partial charge on any atom is -0.507 e. The van der Waals surface area contributed by atoms with E-state index < -0.39 is 0 Å². The molecule has 0 unspecified atom stereocenters. The second-order valence-corrected chi connectivity index (χ2v) is 7.34. The quantitative estimate of drug-likeness (QED) is 0.730. The fourth-order valence-electron chi connectivity index (χ4n) is 3.65. The van der Waals surface area contributed by atoms with Crippen molar-refractivity contribution in [1.82, 2.24) is 10.2 Å². The largest absolute Gasteiger partial charge is 0.507 e. The first-order valence-electron chi connectivity index (χ1n) is 10.1. The van der Waals surface area contributed by atoms with Crippen LogP contribution in [-0.4, -0.2) is 55.2 Å². The normalized spacial score (nSPS) is 14.3. The molecule has 1 heterocycles. The van der Waals surface area contributed by atoms with Gasteiger partial charge in [0.1, 0.15) is 5.75 Å². The highest BCUT2D eigenvalue weighted by molar-refractivity contribution is 5.96. The summed E-state index contributed by atoms with van der Waals surface area (Å²) in [7, 11) is 3.19. The number of para-hydroxylation sites is 1. The Bertz CT molecular complexity index is 891. The van der Waals surface area contributed by atoms with Gasteiger partial charge in [-0.2, -0.15) is 0 Å². The standard InChI is InChI=1S/C23H28N2O5/c1-29-20-9-7-16(15-21(20)30-2)8-10-22(27)25-13-11-17(12-14-25)24-23(28)18-5-3-4-6-19(18)26/h3-7,9,15,17,26H,8,10-14H2,1-2H3,(H,24,28). The Labute approximate surface area is 176 Å². The number of aryl methyl sites for hydroxylation is 1. The third-order valence-electron chi connectivity index (χ3n) is 5.41. The lowest BCUT2D eigenvalue weighted by Crippen LogP contribution is -2.46. The fraction of sp³-hybridized carbons (Fsp3) is 0.391. The Balaban J connectivity index is 1.46. The van der Waals surface area contributed by atoms with E-state index in [0.29, 0.717) is 50.3 Å². The van der Waals surface area contributed by atoms with Crippen LogP contribution < -0.4 is 14.8 Å². The lowest BCUT2D eigenvalue weighted by atomic mass is 10.0. The van der Waals surface area contributed by atoms with E-state index in [9.17, 15) is 14.7 Å². The Kier molecular flexibility index (Phi) is 7.17. The molecule has 0 aromatic heterocycles. The summed E-state index contributed by atoms with van der Waals surface area (Å²) in [5.74, 6) is 1.11. The molecular weight excluding hydrogens is 384 g/mol. The van der Waals surface area contributed by atoms with Crippen molar-refractivity contribution in [1.29, 1.82) is 0 Å². The van der Waals surface area contributed by atoms with E-state index in [2.05, 4.69) is 5.32 Å². The molecule has 0 radical (unpaired) electrons. The van der Waals surface area contributed by atoms with Gasteiger partial charge >= 0.3 is 0 Å². The van der Waals surface area contributed by atoms with Crippen molar-refractivity contribution in [3.63, 3.8) is 0 Å². The summed E-state index contributed by atoms with van der Waals surface area (Å²) in [5, 5.41) is 12.8.